The van der Waals surface area contributed by atoms with Crippen molar-refractivity contribution in [2.75, 3.05) is 6.54 Å². The Balaban J connectivity index is 1.57. The van der Waals surface area contributed by atoms with Crippen LogP contribution >= 0.6 is 0 Å². The number of hydrogen-bond donors (Lipinski definition) is 1. The lowest BCUT2D eigenvalue weighted by Crippen LogP contribution is -2.42. The fourth-order valence-electron chi connectivity index (χ4n) is 3.77. The van der Waals surface area contributed by atoms with Crippen molar-refractivity contribution >= 4 is 5.91 Å². The van der Waals surface area contributed by atoms with Gasteiger partial charge in [0.25, 0.3) is 0 Å². The van der Waals surface area contributed by atoms with Crippen LogP contribution < -0.4 is 5.73 Å². The largest absolute Gasteiger partial charge is 0.417 e. The minimum Gasteiger partial charge on any atom is -0.337 e. The van der Waals surface area contributed by atoms with Crippen molar-refractivity contribution in [2.45, 2.75) is 43.9 Å². The monoisotopic (exact) mass is 375 g/mol. The third-order valence-electron chi connectivity index (χ3n) is 5.56. The highest BCUT2D eigenvalue weighted by atomic mass is 19.4. The number of hydrogen-bond acceptors (Lipinski definition) is 3. The number of rotatable bonds is 3. The van der Waals surface area contributed by atoms with Gasteiger partial charge in [-0.1, -0.05) is 24.3 Å². The normalized spacial score (nSPS) is 18.1. The van der Waals surface area contributed by atoms with Gasteiger partial charge in [0.1, 0.15) is 0 Å². The van der Waals surface area contributed by atoms with E-state index >= 15 is 0 Å². The van der Waals surface area contributed by atoms with Gasteiger partial charge in [0, 0.05) is 37.9 Å². The molecule has 0 spiro atoms. The summed E-state index contributed by atoms with van der Waals surface area (Å²) in [5.74, 6) is -0.00828. The lowest BCUT2D eigenvalue weighted by molar-refractivity contribution is -0.137. The van der Waals surface area contributed by atoms with E-state index in [1.54, 1.807) is 4.90 Å². The van der Waals surface area contributed by atoms with Crippen molar-refractivity contribution < 1.29 is 18.0 Å². The van der Waals surface area contributed by atoms with Crippen LogP contribution in [0.5, 0.6) is 0 Å². The predicted octanol–water partition coefficient (Wildman–Crippen LogP) is 3.18. The Morgan fingerprint density at radius 3 is 2.52 bits per heavy atom. The number of carbonyl (C=O) groups is 1. The third kappa shape index (κ3) is 3.20. The number of alkyl halides is 3. The first kappa shape index (κ1) is 18.0. The van der Waals surface area contributed by atoms with Gasteiger partial charge in [-0.25, -0.2) is 0 Å². The maximum absolute atomic E-state index is 13.2. The van der Waals surface area contributed by atoms with Crippen molar-refractivity contribution in [1.82, 2.24) is 9.88 Å². The molecule has 142 valence electrons. The van der Waals surface area contributed by atoms with E-state index in [1.807, 2.05) is 24.3 Å². The molecular weight excluding hydrogens is 355 g/mol. The van der Waals surface area contributed by atoms with E-state index in [9.17, 15) is 18.0 Å². The van der Waals surface area contributed by atoms with E-state index in [0.717, 1.165) is 36.2 Å². The van der Waals surface area contributed by atoms with Crippen molar-refractivity contribution in [3.63, 3.8) is 0 Å². The summed E-state index contributed by atoms with van der Waals surface area (Å²) in [4.78, 5) is 18.8. The number of nitrogens with two attached hydrogens (primary N) is 1. The summed E-state index contributed by atoms with van der Waals surface area (Å²) in [6.45, 7) is 1.10. The van der Waals surface area contributed by atoms with Crippen LogP contribution in [0.25, 0.3) is 0 Å². The van der Waals surface area contributed by atoms with Gasteiger partial charge in [0.15, 0.2) is 0 Å². The van der Waals surface area contributed by atoms with Crippen LogP contribution in [0.4, 0.5) is 13.2 Å². The molecule has 1 fully saturated rings. The number of benzene rings is 1. The zero-order chi connectivity index (χ0) is 19.2. The second kappa shape index (κ2) is 6.34. The Bertz CT molecular complexity index is 873. The van der Waals surface area contributed by atoms with Gasteiger partial charge < -0.3 is 10.6 Å². The third-order valence-corrected chi connectivity index (χ3v) is 5.56. The number of pyridine rings is 1. The Kier molecular flexibility index (Phi) is 4.22. The van der Waals surface area contributed by atoms with Gasteiger partial charge in [-0.05, 0) is 35.6 Å². The first-order chi connectivity index (χ1) is 12.8. The lowest BCUT2D eigenvalue weighted by atomic mass is 9.92. The summed E-state index contributed by atoms with van der Waals surface area (Å²) in [6.07, 6.45) is -1.56. The molecule has 0 saturated heterocycles. The fraction of sp³-hybridized carbons (Fsp3) is 0.400. The molecule has 4 rings (SSSR count). The molecule has 1 aromatic carbocycles. The van der Waals surface area contributed by atoms with Crippen LogP contribution in [0, 0.1) is 0 Å². The molecule has 0 atom stereocenters. The summed E-state index contributed by atoms with van der Waals surface area (Å²) in [5, 5.41) is 0. The van der Waals surface area contributed by atoms with Gasteiger partial charge in [-0.3, -0.25) is 9.78 Å². The van der Waals surface area contributed by atoms with Crippen LogP contribution in [0.3, 0.4) is 0 Å². The average Bonchev–Trinajstić information content (AvgIpc) is 3.48. The average molecular weight is 375 g/mol. The molecule has 4 nitrogen and oxygen atoms in total. The highest BCUT2D eigenvalue weighted by molar-refractivity contribution is 5.91. The number of fused-ring (bicyclic) bond motifs is 1. The maximum atomic E-state index is 13.2. The van der Waals surface area contributed by atoms with E-state index in [4.69, 9.17) is 5.73 Å². The molecule has 0 radical (unpaired) electrons. The molecule has 27 heavy (non-hydrogen) atoms. The van der Waals surface area contributed by atoms with Crippen molar-refractivity contribution in [1.29, 1.82) is 0 Å². The van der Waals surface area contributed by atoms with E-state index < -0.39 is 17.2 Å². The van der Waals surface area contributed by atoms with E-state index in [1.165, 1.54) is 0 Å². The van der Waals surface area contributed by atoms with Crippen LogP contribution in [0.2, 0.25) is 0 Å². The van der Waals surface area contributed by atoms with Crippen LogP contribution in [-0.4, -0.2) is 22.3 Å². The standard InChI is InChI=1S/C20H20F3N3O/c21-20(22,23)16-9-14-12-26(8-5-17(14)25-11-16)18(27)19(6-7-19)15-3-1-13(10-24)2-4-15/h1-4,9,11H,5-8,10,12,24H2. The van der Waals surface area contributed by atoms with E-state index in [0.29, 0.717) is 30.8 Å². The van der Waals surface area contributed by atoms with Crippen LogP contribution in [-0.2, 0) is 35.9 Å². The Hall–Kier alpha value is -2.41. The summed E-state index contributed by atoms with van der Waals surface area (Å²) < 4.78 is 38.9. The van der Waals surface area contributed by atoms with Gasteiger partial charge in [-0.2, -0.15) is 13.2 Å². The smallest absolute Gasteiger partial charge is 0.337 e. The molecule has 1 aliphatic carbocycles. The fourth-order valence-corrected chi connectivity index (χ4v) is 3.77. The molecule has 2 aromatic rings. The lowest BCUT2D eigenvalue weighted by Gasteiger charge is -2.32. The molecule has 2 aliphatic rings. The first-order valence-corrected chi connectivity index (χ1v) is 8.97. The molecule has 0 bridgehead atoms. The summed E-state index contributed by atoms with van der Waals surface area (Å²) in [6, 6.07) is 8.85. The van der Waals surface area contributed by atoms with Gasteiger partial charge >= 0.3 is 6.18 Å². The Morgan fingerprint density at radius 2 is 1.93 bits per heavy atom. The van der Waals surface area contributed by atoms with Crippen molar-refractivity contribution in [3.8, 4) is 0 Å². The zero-order valence-corrected chi connectivity index (χ0v) is 14.7. The molecule has 0 unspecified atom stereocenters. The highest BCUT2D eigenvalue weighted by Crippen LogP contribution is 2.50. The number of carbonyl (C=O) groups excluding carboxylic acids is 1. The van der Waals surface area contributed by atoms with Crippen LogP contribution in [0.1, 0.15) is 40.8 Å². The molecule has 1 aliphatic heterocycles. The summed E-state index contributed by atoms with van der Waals surface area (Å²) in [7, 11) is 0. The minimum atomic E-state index is -4.43. The van der Waals surface area contributed by atoms with Gasteiger partial charge in [-0.15, -0.1) is 0 Å². The SMILES string of the molecule is NCc1ccc(C2(C(=O)N3CCc4ncc(C(F)(F)F)cc4C3)CC2)cc1. The molecule has 2 heterocycles. The number of nitrogens with zero attached hydrogens (tertiary/aromatic N) is 2. The van der Waals surface area contributed by atoms with Gasteiger partial charge in [0.2, 0.25) is 5.91 Å². The topological polar surface area (TPSA) is 59.2 Å². The number of halogens is 3. The minimum absolute atomic E-state index is 0.00828. The van der Waals surface area contributed by atoms with E-state index in [-0.39, 0.29) is 12.5 Å². The predicted molar refractivity (Wildman–Crippen MR) is 93.6 cm³/mol. The first-order valence-electron chi connectivity index (χ1n) is 8.97. The molecular formula is C20H20F3N3O. The highest BCUT2D eigenvalue weighted by Gasteiger charge is 2.53. The molecule has 7 heteroatoms. The zero-order valence-electron chi connectivity index (χ0n) is 14.7. The second-order valence-electron chi connectivity index (χ2n) is 7.29. The van der Waals surface area contributed by atoms with Crippen molar-refractivity contribution in [3.05, 3.63) is 64.5 Å². The van der Waals surface area contributed by atoms with E-state index in [2.05, 4.69) is 4.98 Å². The summed E-state index contributed by atoms with van der Waals surface area (Å²) >= 11 is 0. The molecule has 1 saturated carbocycles. The molecule has 1 amide bonds. The van der Waals surface area contributed by atoms with Crippen molar-refractivity contribution in [2.24, 2.45) is 5.73 Å². The van der Waals surface area contributed by atoms with Crippen LogP contribution in [0.15, 0.2) is 36.5 Å². The second-order valence-corrected chi connectivity index (χ2v) is 7.29. The number of amides is 1. The number of aromatic nitrogens is 1. The molecule has 2 N–H and O–H groups in total. The maximum Gasteiger partial charge on any atom is 0.417 e. The van der Waals surface area contributed by atoms with Gasteiger partial charge in [0.05, 0.1) is 11.0 Å². The summed E-state index contributed by atoms with van der Waals surface area (Å²) in [5.41, 5.74) is 7.40. The Labute approximate surface area is 155 Å². The Morgan fingerprint density at radius 1 is 1.22 bits per heavy atom. The molecule has 1 aromatic heterocycles. The quantitative estimate of drug-likeness (QED) is 0.897.